The maximum Gasteiger partial charge on any atom is 0.308 e. The molecule has 1 N–H and O–H groups in total. The lowest BCUT2D eigenvalue weighted by atomic mass is 10.0. The molecule has 0 fully saturated rings. The van der Waals surface area contributed by atoms with Gasteiger partial charge in [0, 0.05) is 17.6 Å². The number of hydrogen-bond donors (Lipinski definition) is 1. The average Bonchev–Trinajstić information content (AvgIpc) is 2.56. The van der Waals surface area contributed by atoms with Crippen LogP contribution in [0.1, 0.15) is 28.5 Å². The molecule has 1 amide bonds. The minimum atomic E-state index is -0.228. The monoisotopic (exact) mass is 312 g/mol. The SMILES string of the molecule is COC(=O)[C@@H](C)Cc1ccc(NC(=O)c2ccc(C)nc2)cc1. The Bertz CT molecular complexity index is 678. The largest absolute Gasteiger partial charge is 0.469 e. The van der Waals surface area contributed by atoms with E-state index in [0.717, 1.165) is 11.3 Å². The van der Waals surface area contributed by atoms with Crippen molar-refractivity contribution in [2.45, 2.75) is 20.3 Å². The van der Waals surface area contributed by atoms with Gasteiger partial charge in [-0.15, -0.1) is 0 Å². The number of hydrogen-bond acceptors (Lipinski definition) is 4. The highest BCUT2D eigenvalue weighted by Gasteiger charge is 2.13. The van der Waals surface area contributed by atoms with E-state index in [1.54, 1.807) is 18.3 Å². The minimum absolute atomic E-state index is 0.195. The zero-order chi connectivity index (χ0) is 16.8. The van der Waals surface area contributed by atoms with E-state index in [1.165, 1.54) is 7.11 Å². The van der Waals surface area contributed by atoms with Gasteiger partial charge >= 0.3 is 5.97 Å². The number of nitrogens with one attached hydrogen (secondary N) is 1. The van der Waals surface area contributed by atoms with Crippen molar-refractivity contribution in [3.63, 3.8) is 0 Å². The normalized spacial score (nSPS) is 11.6. The quantitative estimate of drug-likeness (QED) is 0.862. The van der Waals surface area contributed by atoms with Gasteiger partial charge in [-0.25, -0.2) is 0 Å². The summed E-state index contributed by atoms with van der Waals surface area (Å²) in [5.41, 5.74) is 3.09. The first-order valence-electron chi connectivity index (χ1n) is 7.40. The fraction of sp³-hybridized carbons (Fsp3) is 0.278. The molecule has 0 saturated carbocycles. The number of carbonyl (C=O) groups is 2. The number of esters is 1. The highest BCUT2D eigenvalue weighted by atomic mass is 16.5. The second-order valence-electron chi connectivity index (χ2n) is 5.47. The molecule has 5 nitrogen and oxygen atoms in total. The molecule has 0 spiro atoms. The number of methoxy groups -OCH3 is 1. The number of aryl methyl sites for hydroxylation is 1. The Kier molecular flexibility index (Phi) is 5.46. The van der Waals surface area contributed by atoms with Crippen LogP contribution in [-0.2, 0) is 16.0 Å². The standard InChI is InChI=1S/C18H20N2O3/c1-12(18(22)23-3)10-14-5-8-16(9-6-14)20-17(21)15-7-4-13(2)19-11-15/h4-9,11-12H,10H2,1-3H3,(H,20,21)/t12-/m0/s1. The lowest BCUT2D eigenvalue weighted by molar-refractivity contribution is -0.144. The van der Waals surface area contributed by atoms with Crippen LogP contribution >= 0.6 is 0 Å². The molecule has 1 heterocycles. The van der Waals surface area contributed by atoms with Crippen LogP contribution in [0, 0.1) is 12.8 Å². The molecule has 0 unspecified atom stereocenters. The summed E-state index contributed by atoms with van der Waals surface area (Å²) in [7, 11) is 1.39. The number of carbonyl (C=O) groups excluding carboxylic acids is 2. The van der Waals surface area contributed by atoms with Crippen LogP contribution in [0.4, 0.5) is 5.69 Å². The van der Waals surface area contributed by atoms with E-state index in [1.807, 2.05) is 38.1 Å². The Hall–Kier alpha value is -2.69. The van der Waals surface area contributed by atoms with Gasteiger partial charge in [0.05, 0.1) is 18.6 Å². The first-order valence-corrected chi connectivity index (χ1v) is 7.40. The van der Waals surface area contributed by atoms with Crippen molar-refractivity contribution in [2.75, 3.05) is 12.4 Å². The van der Waals surface area contributed by atoms with Gasteiger partial charge in [-0.1, -0.05) is 19.1 Å². The molecule has 23 heavy (non-hydrogen) atoms. The Morgan fingerprint density at radius 3 is 2.43 bits per heavy atom. The van der Waals surface area contributed by atoms with Gasteiger partial charge in [-0.05, 0) is 43.2 Å². The van der Waals surface area contributed by atoms with Crippen LogP contribution < -0.4 is 5.32 Å². The van der Waals surface area contributed by atoms with E-state index in [4.69, 9.17) is 4.74 Å². The van der Waals surface area contributed by atoms with E-state index in [0.29, 0.717) is 17.7 Å². The van der Waals surface area contributed by atoms with E-state index < -0.39 is 0 Å². The Morgan fingerprint density at radius 2 is 1.87 bits per heavy atom. The van der Waals surface area contributed by atoms with E-state index in [-0.39, 0.29) is 17.8 Å². The Balaban J connectivity index is 1.98. The van der Waals surface area contributed by atoms with Crippen LogP contribution in [0.15, 0.2) is 42.6 Å². The molecule has 0 radical (unpaired) electrons. The number of anilines is 1. The van der Waals surface area contributed by atoms with E-state index in [2.05, 4.69) is 10.3 Å². The van der Waals surface area contributed by atoms with Crippen LogP contribution in [0.2, 0.25) is 0 Å². The maximum atomic E-state index is 12.1. The molecule has 120 valence electrons. The summed E-state index contributed by atoms with van der Waals surface area (Å²) in [6.07, 6.45) is 2.15. The van der Waals surface area contributed by atoms with Crippen LogP contribution in [0.25, 0.3) is 0 Å². The Labute approximate surface area is 135 Å². The second-order valence-corrected chi connectivity index (χ2v) is 5.47. The highest BCUT2D eigenvalue weighted by Crippen LogP contribution is 2.15. The first-order chi connectivity index (χ1) is 11.0. The molecule has 2 aromatic rings. The van der Waals surface area contributed by atoms with Crippen LogP contribution in [-0.4, -0.2) is 24.0 Å². The number of aromatic nitrogens is 1. The summed E-state index contributed by atoms with van der Waals surface area (Å²) in [6.45, 7) is 3.70. The summed E-state index contributed by atoms with van der Waals surface area (Å²) in [5, 5.41) is 2.82. The smallest absolute Gasteiger partial charge is 0.308 e. The number of pyridine rings is 1. The van der Waals surface area contributed by atoms with Gasteiger partial charge in [0.1, 0.15) is 0 Å². The molecule has 1 aromatic heterocycles. The summed E-state index contributed by atoms with van der Waals surface area (Å²) in [4.78, 5) is 27.6. The van der Waals surface area contributed by atoms with Gasteiger partial charge < -0.3 is 10.1 Å². The molecular weight excluding hydrogens is 292 g/mol. The third-order valence-electron chi connectivity index (χ3n) is 3.53. The summed E-state index contributed by atoms with van der Waals surface area (Å²) >= 11 is 0. The second kappa shape index (κ2) is 7.54. The predicted molar refractivity (Wildman–Crippen MR) is 88.3 cm³/mol. The number of ether oxygens (including phenoxy) is 1. The first kappa shape index (κ1) is 16.7. The fourth-order valence-electron chi connectivity index (χ4n) is 2.17. The fourth-order valence-corrected chi connectivity index (χ4v) is 2.17. The van der Waals surface area contributed by atoms with Gasteiger partial charge in [0.2, 0.25) is 0 Å². The highest BCUT2D eigenvalue weighted by molar-refractivity contribution is 6.04. The number of benzene rings is 1. The molecule has 5 heteroatoms. The molecule has 1 aromatic carbocycles. The molecule has 0 saturated heterocycles. The predicted octanol–water partition coefficient (Wildman–Crippen LogP) is 2.99. The summed E-state index contributed by atoms with van der Waals surface area (Å²) in [6, 6.07) is 11.0. The summed E-state index contributed by atoms with van der Waals surface area (Å²) in [5.74, 6) is -0.624. The van der Waals surface area contributed by atoms with E-state index >= 15 is 0 Å². The number of nitrogens with zero attached hydrogens (tertiary/aromatic N) is 1. The van der Waals surface area contributed by atoms with Crippen molar-refractivity contribution in [3.8, 4) is 0 Å². The minimum Gasteiger partial charge on any atom is -0.469 e. The molecule has 0 bridgehead atoms. The third-order valence-corrected chi connectivity index (χ3v) is 3.53. The third kappa shape index (κ3) is 4.64. The molecule has 2 rings (SSSR count). The average molecular weight is 312 g/mol. The molecule has 0 aliphatic heterocycles. The molecule has 0 aliphatic rings. The topological polar surface area (TPSA) is 68.3 Å². The zero-order valence-corrected chi connectivity index (χ0v) is 13.5. The lowest BCUT2D eigenvalue weighted by Gasteiger charge is -2.10. The van der Waals surface area contributed by atoms with Gasteiger partial charge in [0.15, 0.2) is 0 Å². The van der Waals surface area contributed by atoms with Gasteiger partial charge in [-0.3, -0.25) is 14.6 Å². The molecule has 0 aliphatic carbocycles. The van der Waals surface area contributed by atoms with Crippen molar-refractivity contribution in [1.29, 1.82) is 0 Å². The van der Waals surface area contributed by atoms with Crippen molar-refractivity contribution < 1.29 is 14.3 Å². The van der Waals surface area contributed by atoms with Gasteiger partial charge in [0.25, 0.3) is 5.91 Å². The van der Waals surface area contributed by atoms with Crippen molar-refractivity contribution >= 4 is 17.6 Å². The van der Waals surface area contributed by atoms with Crippen molar-refractivity contribution in [1.82, 2.24) is 4.98 Å². The number of rotatable bonds is 5. The maximum absolute atomic E-state index is 12.1. The van der Waals surface area contributed by atoms with E-state index in [9.17, 15) is 9.59 Å². The molecule has 1 atom stereocenters. The number of amides is 1. The summed E-state index contributed by atoms with van der Waals surface area (Å²) < 4.78 is 4.72. The van der Waals surface area contributed by atoms with Crippen molar-refractivity contribution in [3.05, 3.63) is 59.4 Å². The van der Waals surface area contributed by atoms with Crippen LogP contribution in [0.3, 0.4) is 0 Å². The van der Waals surface area contributed by atoms with Gasteiger partial charge in [-0.2, -0.15) is 0 Å². The molecular formula is C18H20N2O3. The Morgan fingerprint density at radius 1 is 1.17 bits per heavy atom. The zero-order valence-electron chi connectivity index (χ0n) is 13.5. The van der Waals surface area contributed by atoms with Crippen LogP contribution in [0.5, 0.6) is 0 Å². The van der Waals surface area contributed by atoms with Crippen molar-refractivity contribution in [2.24, 2.45) is 5.92 Å². The lowest BCUT2D eigenvalue weighted by Crippen LogP contribution is -2.15.